The Kier molecular flexibility index (Phi) is 6.25. The number of nitrogens with zero attached hydrogens (tertiary/aromatic N) is 4. The first-order valence-corrected chi connectivity index (χ1v) is 9.66. The van der Waals surface area contributed by atoms with Gasteiger partial charge in [-0.25, -0.2) is 9.97 Å². The third-order valence-electron chi connectivity index (χ3n) is 5.83. The van der Waals surface area contributed by atoms with Crippen LogP contribution in [0, 0.1) is 24.7 Å². The molecule has 0 radical (unpaired) electrons. The summed E-state index contributed by atoms with van der Waals surface area (Å²) in [5.41, 5.74) is 1.08. The number of piperidine rings is 1. The molecule has 3 rings (SSSR count). The largest absolute Gasteiger partial charge is 0.396 e. The number of aryl methyl sites for hydroxylation is 2. The van der Waals surface area contributed by atoms with E-state index in [1.165, 1.54) is 0 Å². The first kappa shape index (κ1) is 18.5. The summed E-state index contributed by atoms with van der Waals surface area (Å²) in [6, 6.07) is 2.09. The molecule has 0 aliphatic carbocycles. The fourth-order valence-corrected chi connectivity index (χ4v) is 4.18. The van der Waals surface area contributed by atoms with E-state index in [1.807, 2.05) is 6.92 Å². The van der Waals surface area contributed by atoms with E-state index in [2.05, 4.69) is 32.8 Å². The lowest BCUT2D eigenvalue weighted by molar-refractivity contribution is 0.106. The Morgan fingerprint density at radius 2 is 1.80 bits per heavy atom. The lowest BCUT2D eigenvalue weighted by Gasteiger charge is -2.33. The summed E-state index contributed by atoms with van der Waals surface area (Å²) in [7, 11) is 0. The van der Waals surface area contributed by atoms with Gasteiger partial charge in [0.15, 0.2) is 0 Å². The van der Waals surface area contributed by atoms with Crippen molar-refractivity contribution in [3.63, 3.8) is 0 Å². The maximum Gasteiger partial charge on any atom is 0.132 e. The van der Waals surface area contributed by atoms with Gasteiger partial charge in [0.1, 0.15) is 11.6 Å². The predicted molar refractivity (Wildman–Crippen MR) is 98.7 cm³/mol. The number of aliphatic hydroxyl groups is 2. The monoisotopic (exact) mass is 348 g/mol. The van der Waals surface area contributed by atoms with E-state index in [0.29, 0.717) is 24.4 Å². The average molecular weight is 348 g/mol. The van der Waals surface area contributed by atoms with E-state index in [1.54, 1.807) is 0 Å². The Balaban J connectivity index is 1.63. The molecule has 2 saturated heterocycles. The molecule has 2 aliphatic rings. The van der Waals surface area contributed by atoms with Gasteiger partial charge in [0, 0.05) is 50.5 Å². The number of likely N-dealkylation sites (tertiary alicyclic amines) is 1. The van der Waals surface area contributed by atoms with Crippen LogP contribution in [-0.4, -0.2) is 71.0 Å². The van der Waals surface area contributed by atoms with Gasteiger partial charge in [-0.15, -0.1) is 0 Å². The molecule has 0 saturated carbocycles. The molecule has 0 bridgehead atoms. The van der Waals surface area contributed by atoms with Crippen LogP contribution in [0.25, 0.3) is 0 Å². The second kappa shape index (κ2) is 8.43. The molecule has 0 spiro atoms. The first-order chi connectivity index (χ1) is 12.1. The molecule has 25 heavy (non-hydrogen) atoms. The SMILES string of the molecule is CCc1cc(N2C[C@@H](CN3CCC(CO)CC3)[C@@H](CO)C2)nc(C)n1. The minimum absolute atomic E-state index is 0.235. The number of hydrogen-bond donors (Lipinski definition) is 2. The molecule has 6 heteroatoms. The van der Waals surface area contributed by atoms with Crippen LogP contribution in [0.1, 0.15) is 31.3 Å². The van der Waals surface area contributed by atoms with Crippen molar-refractivity contribution in [2.75, 3.05) is 50.8 Å². The van der Waals surface area contributed by atoms with Crippen LogP contribution in [0.2, 0.25) is 0 Å². The van der Waals surface area contributed by atoms with Crippen LogP contribution in [0.4, 0.5) is 5.82 Å². The fraction of sp³-hybridized carbons (Fsp3) is 0.789. The Bertz CT molecular complexity index is 560. The maximum absolute atomic E-state index is 9.86. The first-order valence-electron chi connectivity index (χ1n) is 9.66. The minimum Gasteiger partial charge on any atom is -0.396 e. The van der Waals surface area contributed by atoms with Crippen LogP contribution in [-0.2, 0) is 6.42 Å². The van der Waals surface area contributed by atoms with Crippen LogP contribution in [0.3, 0.4) is 0 Å². The van der Waals surface area contributed by atoms with Crippen molar-refractivity contribution in [1.29, 1.82) is 0 Å². The lowest BCUT2D eigenvalue weighted by atomic mass is 9.93. The summed E-state index contributed by atoms with van der Waals surface area (Å²) in [5, 5.41) is 19.2. The van der Waals surface area contributed by atoms with Crippen molar-refractivity contribution >= 4 is 5.82 Å². The third-order valence-corrected chi connectivity index (χ3v) is 5.83. The van der Waals surface area contributed by atoms with E-state index in [9.17, 15) is 10.2 Å². The number of aromatic nitrogens is 2. The molecule has 2 fully saturated rings. The van der Waals surface area contributed by atoms with Gasteiger partial charge in [0.2, 0.25) is 0 Å². The maximum atomic E-state index is 9.86. The normalized spacial score (nSPS) is 25.7. The molecular formula is C19H32N4O2. The van der Waals surface area contributed by atoms with Crippen LogP contribution in [0.5, 0.6) is 0 Å². The summed E-state index contributed by atoms with van der Waals surface area (Å²) in [6.07, 6.45) is 3.08. The Morgan fingerprint density at radius 1 is 1.08 bits per heavy atom. The van der Waals surface area contributed by atoms with E-state index in [4.69, 9.17) is 0 Å². The van der Waals surface area contributed by atoms with Crippen molar-refractivity contribution < 1.29 is 10.2 Å². The van der Waals surface area contributed by atoms with Crippen LogP contribution in [0.15, 0.2) is 6.07 Å². The molecule has 3 heterocycles. The highest BCUT2D eigenvalue weighted by atomic mass is 16.3. The Labute approximate surface area is 150 Å². The van der Waals surface area contributed by atoms with E-state index < -0.39 is 0 Å². The molecule has 0 aromatic carbocycles. The second-order valence-corrected chi connectivity index (χ2v) is 7.65. The van der Waals surface area contributed by atoms with E-state index in [0.717, 1.165) is 69.3 Å². The van der Waals surface area contributed by atoms with Crippen molar-refractivity contribution in [2.45, 2.75) is 33.1 Å². The highest BCUT2D eigenvalue weighted by Crippen LogP contribution is 2.29. The topological polar surface area (TPSA) is 72.7 Å². The lowest BCUT2D eigenvalue weighted by Crippen LogP contribution is -2.40. The highest BCUT2D eigenvalue weighted by Gasteiger charge is 2.35. The van der Waals surface area contributed by atoms with Gasteiger partial charge in [0.05, 0.1) is 0 Å². The third kappa shape index (κ3) is 4.49. The van der Waals surface area contributed by atoms with Crippen molar-refractivity contribution in [3.05, 3.63) is 17.6 Å². The predicted octanol–water partition coefficient (Wildman–Crippen LogP) is 1.10. The number of aliphatic hydroxyl groups excluding tert-OH is 2. The number of hydrogen-bond acceptors (Lipinski definition) is 6. The zero-order valence-corrected chi connectivity index (χ0v) is 15.6. The minimum atomic E-state index is 0.235. The van der Waals surface area contributed by atoms with Crippen LogP contribution >= 0.6 is 0 Å². The molecule has 2 aliphatic heterocycles. The zero-order valence-electron chi connectivity index (χ0n) is 15.6. The smallest absolute Gasteiger partial charge is 0.132 e. The highest BCUT2D eigenvalue weighted by molar-refractivity contribution is 5.41. The van der Waals surface area contributed by atoms with Gasteiger partial charge in [0.25, 0.3) is 0 Å². The summed E-state index contributed by atoms with van der Waals surface area (Å²) in [5.74, 6) is 3.07. The van der Waals surface area contributed by atoms with Crippen molar-refractivity contribution in [1.82, 2.24) is 14.9 Å². The van der Waals surface area contributed by atoms with Gasteiger partial charge in [-0.1, -0.05) is 6.92 Å². The molecule has 140 valence electrons. The van der Waals surface area contributed by atoms with E-state index in [-0.39, 0.29) is 6.61 Å². The Morgan fingerprint density at radius 3 is 2.44 bits per heavy atom. The molecular weight excluding hydrogens is 316 g/mol. The standard InChI is InChI=1S/C19H32N4O2/c1-3-18-8-19(21-14(2)20-18)23-10-16(17(11-23)13-25)9-22-6-4-15(12-24)5-7-22/h8,15-17,24-25H,3-7,9-13H2,1-2H3/t16-,17-/m1/s1. The van der Waals surface area contributed by atoms with Gasteiger partial charge in [-0.3, -0.25) is 0 Å². The zero-order chi connectivity index (χ0) is 17.8. The molecule has 6 nitrogen and oxygen atoms in total. The summed E-state index contributed by atoms with van der Waals surface area (Å²) in [6.45, 7) is 9.59. The van der Waals surface area contributed by atoms with Gasteiger partial charge >= 0.3 is 0 Å². The second-order valence-electron chi connectivity index (χ2n) is 7.65. The molecule has 1 aromatic heterocycles. The molecule has 2 N–H and O–H groups in total. The van der Waals surface area contributed by atoms with Gasteiger partial charge < -0.3 is 20.0 Å². The summed E-state index contributed by atoms with van der Waals surface area (Å²) < 4.78 is 0. The molecule has 0 amide bonds. The van der Waals surface area contributed by atoms with Crippen LogP contribution < -0.4 is 4.90 Å². The van der Waals surface area contributed by atoms with Gasteiger partial charge in [-0.05, 0) is 51.1 Å². The van der Waals surface area contributed by atoms with Crippen molar-refractivity contribution in [3.8, 4) is 0 Å². The molecule has 0 unspecified atom stereocenters. The summed E-state index contributed by atoms with van der Waals surface area (Å²) in [4.78, 5) is 13.9. The quantitative estimate of drug-likeness (QED) is 0.802. The number of rotatable bonds is 6. The Hall–Kier alpha value is -1.24. The fourth-order valence-electron chi connectivity index (χ4n) is 4.18. The summed E-state index contributed by atoms with van der Waals surface area (Å²) >= 11 is 0. The van der Waals surface area contributed by atoms with Crippen molar-refractivity contribution in [2.24, 2.45) is 17.8 Å². The number of anilines is 1. The average Bonchev–Trinajstić information content (AvgIpc) is 3.04. The van der Waals surface area contributed by atoms with Gasteiger partial charge in [-0.2, -0.15) is 0 Å². The molecule has 1 aromatic rings. The van der Waals surface area contributed by atoms with E-state index >= 15 is 0 Å². The molecule has 2 atom stereocenters.